The maximum absolute atomic E-state index is 12.4. The number of aromatic amines is 1. The number of carbonyl (C=O) groups excluding carboxylic acids is 1. The quantitative estimate of drug-likeness (QED) is 0.490. The van der Waals surface area contributed by atoms with E-state index in [-0.39, 0.29) is 23.3 Å². The molecule has 0 aliphatic heterocycles. The van der Waals surface area contributed by atoms with Crippen molar-refractivity contribution in [2.24, 2.45) is 0 Å². The van der Waals surface area contributed by atoms with E-state index in [1.54, 1.807) is 16.8 Å². The van der Waals surface area contributed by atoms with E-state index in [9.17, 15) is 9.59 Å². The molecule has 0 radical (unpaired) electrons. The van der Waals surface area contributed by atoms with Crippen molar-refractivity contribution in [3.63, 3.8) is 0 Å². The predicted molar refractivity (Wildman–Crippen MR) is 110 cm³/mol. The number of nitrogens with one attached hydrogen (secondary N) is 2. The number of rotatable bonds is 5. The first-order chi connectivity index (χ1) is 13.6. The summed E-state index contributed by atoms with van der Waals surface area (Å²) in [6.45, 7) is 0. The van der Waals surface area contributed by atoms with Gasteiger partial charge in [-0.25, -0.2) is 9.67 Å². The Balaban J connectivity index is 1.52. The summed E-state index contributed by atoms with van der Waals surface area (Å²) in [6.07, 6.45) is 7.12. The zero-order valence-corrected chi connectivity index (χ0v) is 16.7. The first-order valence-corrected chi connectivity index (χ1v) is 10.6. The molecule has 28 heavy (non-hydrogen) atoms. The van der Waals surface area contributed by atoms with Crippen molar-refractivity contribution >= 4 is 40.3 Å². The number of halogens is 1. The molecule has 1 fully saturated rings. The standard InChI is InChI=1S/C19H20ClN5O2S/c20-12-5-4-8-14(9-12)25-17-15(10-21-25)18(27)24-19(23-17)28-11-16(26)22-13-6-2-1-3-7-13/h4-5,8-10,13H,1-3,6-7,11H2,(H,22,26)(H,23,24,27). The Morgan fingerprint density at radius 2 is 2.14 bits per heavy atom. The van der Waals surface area contributed by atoms with Gasteiger partial charge in [-0.3, -0.25) is 9.59 Å². The number of fused-ring (bicyclic) bond motifs is 1. The molecule has 1 amide bonds. The second kappa shape index (κ2) is 8.36. The minimum absolute atomic E-state index is 0.0389. The monoisotopic (exact) mass is 417 g/mol. The van der Waals surface area contributed by atoms with Crippen LogP contribution in [0.5, 0.6) is 0 Å². The number of aromatic nitrogens is 4. The molecule has 2 heterocycles. The fraction of sp³-hybridized carbons (Fsp3) is 0.368. The van der Waals surface area contributed by atoms with Crippen LogP contribution in [-0.2, 0) is 4.79 Å². The molecule has 7 nitrogen and oxygen atoms in total. The van der Waals surface area contributed by atoms with E-state index in [4.69, 9.17) is 11.6 Å². The number of hydrogen-bond donors (Lipinski definition) is 2. The SMILES string of the molecule is O=C(CSc1nc2c(cnn2-c2cccc(Cl)c2)c(=O)[nH]1)NC1CCCCC1. The van der Waals surface area contributed by atoms with Gasteiger partial charge in [0, 0.05) is 11.1 Å². The van der Waals surface area contributed by atoms with Crippen molar-refractivity contribution in [3.8, 4) is 5.69 Å². The van der Waals surface area contributed by atoms with Crippen molar-refractivity contribution < 1.29 is 4.79 Å². The van der Waals surface area contributed by atoms with Crippen LogP contribution in [0.4, 0.5) is 0 Å². The van der Waals surface area contributed by atoms with Gasteiger partial charge in [-0.15, -0.1) is 0 Å². The summed E-state index contributed by atoms with van der Waals surface area (Å²) in [4.78, 5) is 31.8. The molecular formula is C19H20ClN5O2S. The van der Waals surface area contributed by atoms with Crippen LogP contribution < -0.4 is 10.9 Å². The van der Waals surface area contributed by atoms with E-state index < -0.39 is 0 Å². The fourth-order valence-electron chi connectivity index (χ4n) is 3.41. The highest BCUT2D eigenvalue weighted by Crippen LogP contribution is 2.21. The van der Waals surface area contributed by atoms with Crippen molar-refractivity contribution in [2.45, 2.75) is 43.3 Å². The Hall–Kier alpha value is -2.32. The lowest BCUT2D eigenvalue weighted by Crippen LogP contribution is -2.37. The van der Waals surface area contributed by atoms with E-state index in [0.29, 0.717) is 26.9 Å². The van der Waals surface area contributed by atoms with Gasteiger partial charge in [-0.2, -0.15) is 5.10 Å². The Morgan fingerprint density at radius 1 is 1.32 bits per heavy atom. The molecule has 0 spiro atoms. The van der Waals surface area contributed by atoms with Crippen LogP contribution in [0.3, 0.4) is 0 Å². The first-order valence-electron chi connectivity index (χ1n) is 9.26. The zero-order valence-electron chi connectivity index (χ0n) is 15.2. The van der Waals surface area contributed by atoms with E-state index in [0.717, 1.165) is 25.7 Å². The van der Waals surface area contributed by atoms with Gasteiger partial charge in [-0.1, -0.05) is 48.7 Å². The molecule has 0 atom stereocenters. The molecule has 1 aliphatic rings. The van der Waals surface area contributed by atoms with Crippen LogP contribution in [-0.4, -0.2) is 37.5 Å². The second-order valence-corrected chi connectivity index (χ2v) is 8.24. The lowest BCUT2D eigenvalue weighted by Gasteiger charge is -2.22. The molecule has 1 saturated carbocycles. The molecule has 1 aromatic carbocycles. The number of nitrogens with zero attached hydrogens (tertiary/aromatic N) is 3. The average molecular weight is 418 g/mol. The predicted octanol–water partition coefficient (Wildman–Crippen LogP) is 3.30. The van der Waals surface area contributed by atoms with Crippen LogP contribution >= 0.6 is 23.4 Å². The third-order valence-corrected chi connectivity index (χ3v) is 5.89. The number of benzene rings is 1. The Morgan fingerprint density at radius 3 is 2.93 bits per heavy atom. The number of hydrogen-bond acceptors (Lipinski definition) is 5. The summed E-state index contributed by atoms with van der Waals surface area (Å²) < 4.78 is 1.57. The van der Waals surface area contributed by atoms with Gasteiger partial charge in [-0.05, 0) is 31.0 Å². The third-order valence-electron chi connectivity index (χ3n) is 4.78. The van der Waals surface area contributed by atoms with Gasteiger partial charge in [0.1, 0.15) is 5.39 Å². The van der Waals surface area contributed by atoms with Gasteiger partial charge in [0.05, 0.1) is 17.6 Å². The normalized spacial score (nSPS) is 15.0. The fourth-order valence-corrected chi connectivity index (χ4v) is 4.27. The van der Waals surface area contributed by atoms with Crippen LogP contribution in [0.2, 0.25) is 5.02 Å². The van der Waals surface area contributed by atoms with Gasteiger partial charge in [0.15, 0.2) is 10.8 Å². The van der Waals surface area contributed by atoms with Crippen molar-refractivity contribution in [3.05, 3.63) is 45.8 Å². The molecule has 4 rings (SSSR count). The minimum atomic E-state index is -0.284. The van der Waals surface area contributed by atoms with E-state index >= 15 is 0 Å². The van der Waals surface area contributed by atoms with Gasteiger partial charge < -0.3 is 10.3 Å². The molecule has 2 N–H and O–H groups in total. The highest BCUT2D eigenvalue weighted by atomic mass is 35.5. The van der Waals surface area contributed by atoms with Crippen LogP contribution in [0.15, 0.2) is 40.4 Å². The molecule has 0 saturated heterocycles. The average Bonchev–Trinajstić information content (AvgIpc) is 3.12. The van der Waals surface area contributed by atoms with Crippen molar-refractivity contribution in [1.29, 1.82) is 0 Å². The highest BCUT2D eigenvalue weighted by molar-refractivity contribution is 7.99. The van der Waals surface area contributed by atoms with Gasteiger partial charge >= 0.3 is 0 Å². The molecule has 3 aromatic rings. The largest absolute Gasteiger partial charge is 0.353 e. The summed E-state index contributed by atoms with van der Waals surface area (Å²) in [5, 5.41) is 8.68. The molecule has 0 unspecified atom stereocenters. The van der Waals surface area contributed by atoms with Crippen LogP contribution in [0.25, 0.3) is 16.7 Å². The zero-order chi connectivity index (χ0) is 19.5. The third kappa shape index (κ3) is 4.23. The smallest absolute Gasteiger partial charge is 0.262 e. The maximum Gasteiger partial charge on any atom is 0.262 e. The summed E-state index contributed by atoms with van der Waals surface area (Å²) in [5.74, 6) is 0.166. The number of H-pyrrole nitrogens is 1. The second-order valence-electron chi connectivity index (χ2n) is 6.84. The summed E-state index contributed by atoms with van der Waals surface area (Å²) in [5.41, 5.74) is 0.862. The van der Waals surface area contributed by atoms with E-state index in [2.05, 4.69) is 20.4 Å². The van der Waals surface area contributed by atoms with Gasteiger partial charge in [0.2, 0.25) is 5.91 Å². The van der Waals surface area contributed by atoms with Crippen molar-refractivity contribution in [2.75, 3.05) is 5.75 Å². The van der Waals surface area contributed by atoms with Crippen LogP contribution in [0, 0.1) is 0 Å². The molecule has 0 bridgehead atoms. The van der Waals surface area contributed by atoms with Crippen LogP contribution in [0.1, 0.15) is 32.1 Å². The summed E-state index contributed by atoms with van der Waals surface area (Å²) in [6, 6.07) is 7.43. The molecule has 9 heteroatoms. The van der Waals surface area contributed by atoms with E-state index in [1.165, 1.54) is 24.4 Å². The Labute approximate surface area is 170 Å². The topological polar surface area (TPSA) is 92.7 Å². The number of carbonyl (C=O) groups is 1. The Bertz CT molecular complexity index is 1060. The number of thioether (sulfide) groups is 1. The lowest BCUT2D eigenvalue weighted by molar-refractivity contribution is -0.119. The van der Waals surface area contributed by atoms with E-state index in [1.807, 2.05) is 12.1 Å². The van der Waals surface area contributed by atoms with Gasteiger partial charge in [0.25, 0.3) is 5.56 Å². The lowest BCUT2D eigenvalue weighted by atomic mass is 9.95. The highest BCUT2D eigenvalue weighted by Gasteiger charge is 2.17. The summed E-state index contributed by atoms with van der Waals surface area (Å²) >= 11 is 7.27. The number of amides is 1. The first kappa shape index (κ1) is 19.0. The molecular weight excluding hydrogens is 398 g/mol. The molecule has 146 valence electrons. The maximum atomic E-state index is 12.4. The van der Waals surface area contributed by atoms with Crippen molar-refractivity contribution in [1.82, 2.24) is 25.1 Å². The minimum Gasteiger partial charge on any atom is -0.353 e. The summed E-state index contributed by atoms with van der Waals surface area (Å²) in [7, 11) is 0. The Kier molecular flexibility index (Phi) is 5.68. The molecule has 1 aliphatic carbocycles. The molecule has 2 aromatic heterocycles.